The van der Waals surface area contributed by atoms with E-state index in [4.69, 9.17) is 9.47 Å². The molecular formula is C18H20O4. The Hall–Kier alpha value is -2.49. The zero-order valence-corrected chi connectivity index (χ0v) is 12.8. The molecular weight excluding hydrogens is 280 g/mol. The maximum atomic E-state index is 11.5. The van der Waals surface area contributed by atoms with Gasteiger partial charge in [0.05, 0.1) is 19.6 Å². The number of carboxylic acid groups (broad SMARTS) is 1. The van der Waals surface area contributed by atoms with Crippen molar-refractivity contribution >= 4 is 5.97 Å². The summed E-state index contributed by atoms with van der Waals surface area (Å²) in [7, 11) is 1.59. The fourth-order valence-corrected chi connectivity index (χ4v) is 2.38. The molecule has 0 saturated heterocycles. The summed E-state index contributed by atoms with van der Waals surface area (Å²) in [5, 5.41) is 9.45. The van der Waals surface area contributed by atoms with Gasteiger partial charge >= 0.3 is 5.97 Å². The van der Waals surface area contributed by atoms with E-state index in [1.807, 2.05) is 49.4 Å². The normalized spacial score (nSPS) is 11.7. The first kappa shape index (κ1) is 15.9. The lowest BCUT2D eigenvalue weighted by molar-refractivity contribution is -0.139. The molecule has 1 atom stereocenters. The quantitative estimate of drug-likeness (QED) is 0.848. The van der Waals surface area contributed by atoms with Gasteiger partial charge in [0.2, 0.25) is 0 Å². The molecule has 0 aliphatic rings. The Labute approximate surface area is 130 Å². The van der Waals surface area contributed by atoms with Crippen LogP contribution in [0.1, 0.15) is 23.5 Å². The number of hydrogen-bond donors (Lipinski definition) is 1. The third-order valence-electron chi connectivity index (χ3n) is 3.58. The number of hydrogen-bond acceptors (Lipinski definition) is 3. The Bertz CT molecular complexity index is 636. The Morgan fingerprint density at radius 3 is 2.55 bits per heavy atom. The molecule has 0 amide bonds. The van der Waals surface area contributed by atoms with Gasteiger partial charge in [-0.05, 0) is 36.6 Å². The minimum absolute atomic E-state index is 0.332. The van der Waals surface area contributed by atoms with Crippen LogP contribution in [0.4, 0.5) is 0 Å². The van der Waals surface area contributed by atoms with Crippen LogP contribution in [0.3, 0.4) is 0 Å². The Morgan fingerprint density at radius 2 is 1.86 bits per heavy atom. The van der Waals surface area contributed by atoms with Crippen molar-refractivity contribution in [3.05, 3.63) is 59.7 Å². The van der Waals surface area contributed by atoms with E-state index in [-0.39, 0.29) is 0 Å². The van der Waals surface area contributed by atoms with Crippen molar-refractivity contribution in [3.63, 3.8) is 0 Å². The summed E-state index contributed by atoms with van der Waals surface area (Å²) in [5.74, 6) is -0.00480. The van der Waals surface area contributed by atoms with E-state index in [0.29, 0.717) is 24.5 Å². The van der Waals surface area contributed by atoms with Crippen molar-refractivity contribution in [2.24, 2.45) is 0 Å². The number of aryl methyl sites for hydroxylation is 1. The molecule has 0 fully saturated rings. The first-order chi connectivity index (χ1) is 10.6. The molecule has 4 nitrogen and oxygen atoms in total. The lowest BCUT2D eigenvalue weighted by Gasteiger charge is -2.16. The predicted octanol–water partition coefficient (Wildman–Crippen LogP) is 3.64. The van der Waals surface area contributed by atoms with Crippen LogP contribution in [-0.2, 0) is 4.79 Å². The van der Waals surface area contributed by atoms with E-state index in [9.17, 15) is 9.90 Å². The summed E-state index contributed by atoms with van der Waals surface area (Å²) >= 11 is 0. The first-order valence-electron chi connectivity index (χ1n) is 7.17. The zero-order chi connectivity index (χ0) is 15.9. The van der Waals surface area contributed by atoms with E-state index in [0.717, 1.165) is 11.1 Å². The molecule has 0 aliphatic heterocycles. The van der Waals surface area contributed by atoms with Crippen LogP contribution in [0.5, 0.6) is 11.5 Å². The lowest BCUT2D eigenvalue weighted by atomic mass is 9.92. The van der Waals surface area contributed by atoms with Crippen LogP contribution in [0.25, 0.3) is 0 Å². The Kier molecular flexibility index (Phi) is 5.42. The lowest BCUT2D eigenvalue weighted by Crippen LogP contribution is -2.16. The molecule has 1 unspecified atom stereocenters. The molecule has 22 heavy (non-hydrogen) atoms. The highest BCUT2D eigenvalue weighted by molar-refractivity contribution is 5.76. The van der Waals surface area contributed by atoms with Crippen LogP contribution in [0, 0.1) is 6.92 Å². The molecule has 4 heteroatoms. The predicted molar refractivity (Wildman–Crippen MR) is 84.7 cm³/mol. The van der Waals surface area contributed by atoms with E-state index in [1.54, 1.807) is 13.2 Å². The zero-order valence-electron chi connectivity index (χ0n) is 12.8. The monoisotopic (exact) mass is 300 g/mol. The summed E-state index contributed by atoms with van der Waals surface area (Å²) in [5.41, 5.74) is 1.82. The molecule has 2 aromatic rings. The number of rotatable bonds is 7. The van der Waals surface area contributed by atoms with Crippen LogP contribution in [0.2, 0.25) is 0 Å². The molecule has 0 heterocycles. The Balaban J connectivity index is 2.01. The molecule has 0 spiro atoms. The van der Waals surface area contributed by atoms with E-state index in [1.165, 1.54) is 0 Å². The minimum atomic E-state index is -0.830. The van der Waals surface area contributed by atoms with Gasteiger partial charge in [0.15, 0.2) is 0 Å². The fourth-order valence-electron chi connectivity index (χ4n) is 2.38. The SMILES string of the molecule is COc1cccc(OCCC(C(=O)O)c2ccccc2C)c1. The molecule has 0 aliphatic carbocycles. The average Bonchev–Trinajstić information content (AvgIpc) is 2.52. The second-order valence-electron chi connectivity index (χ2n) is 5.06. The molecule has 0 radical (unpaired) electrons. The molecule has 2 aromatic carbocycles. The third-order valence-corrected chi connectivity index (χ3v) is 3.58. The maximum Gasteiger partial charge on any atom is 0.311 e. The van der Waals surface area contributed by atoms with Crippen LogP contribution >= 0.6 is 0 Å². The highest BCUT2D eigenvalue weighted by atomic mass is 16.5. The highest BCUT2D eigenvalue weighted by Gasteiger charge is 2.21. The van der Waals surface area contributed by atoms with Crippen molar-refractivity contribution in [2.45, 2.75) is 19.3 Å². The topological polar surface area (TPSA) is 55.8 Å². The molecule has 0 bridgehead atoms. The standard InChI is InChI=1S/C18H20O4/c1-13-6-3-4-9-16(13)17(18(19)20)10-11-22-15-8-5-7-14(12-15)21-2/h3-9,12,17H,10-11H2,1-2H3,(H,19,20). The number of aliphatic carboxylic acids is 1. The molecule has 2 rings (SSSR count). The van der Waals surface area contributed by atoms with Crippen LogP contribution in [-0.4, -0.2) is 24.8 Å². The third kappa shape index (κ3) is 4.01. The molecule has 0 saturated carbocycles. The average molecular weight is 300 g/mol. The van der Waals surface area contributed by atoms with Gasteiger partial charge < -0.3 is 14.6 Å². The smallest absolute Gasteiger partial charge is 0.311 e. The largest absolute Gasteiger partial charge is 0.497 e. The van der Waals surface area contributed by atoms with Crippen molar-refractivity contribution in [1.29, 1.82) is 0 Å². The summed E-state index contributed by atoms with van der Waals surface area (Å²) in [4.78, 5) is 11.5. The van der Waals surface area contributed by atoms with Crippen LogP contribution < -0.4 is 9.47 Å². The summed E-state index contributed by atoms with van der Waals surface area (Å²) in [6.07, 6.45) is 0.414. The number of methoxy groups -OCH3 is 1. The summed E-state index contributed by atoms with van der Waals surface area (Å²) in [6, 6.07) is 14.8. The van der Waals surface area contributed by atoms with Crippen molar-refractivity contribution < 1.29 is 19.4 Å². The fraction of sp³-hybridized carbons (Fsp3) is 0.278. The van der Waals surface area contributed by atoms with E-state index in [2.05, 4.69) is 0 Å². The van der Waals surface area contributed by atoms with Gasteiger partial charge in [-0.15, -0.1) is 0 Å². The molecule has 1 N–H and O–H groups in total. The van der Waals surface area contributed by atoms with Gasteiger partial charge in [0, 0.05) is 6.07 Å². The van der Waals surface area contributed by atoms with E-state index >= 15 is 0 Å². The van der Waals surface area contributed by atoms with Crippen LogP contribution in [0.15, 0.2) is 48.5 Å². The first-order valence-corrected chi connectivity index (χ1v) is 7.17. The second kappa shape index (κ2) is 7.50. The van der Waals surface area contributed by atoms with Gasteiger partial charge in [0.25, 0.3) is 0 Å². The second-order valence-corrected chi connectivity index (χ2v) is 5.06. The van der Waals surface area contributed by atoms with E-state index < -0.39 is 11.9 Å². The van der Waals surface area contributed by atoms with Crippen molar-refractivity contribution in [1.82, 2.24) is 0 Å². The highest BCUT2D eigenvalue weighted by Crippen LogP contribution is 2.25. The Morgan fingerprint density at radius 1 is 1.14 bits per heavy atom. The maximum absolute atomic E-state index is 11.5. The number of benzene rings is 2. The number of ether oxygens (including phenoxy) is 2. The number of carbonyl (C=O) groups is 1. The van der Waals surface area contributed by atoms with Crippen molar-refractivity contribution in [3.8, 4) is 11.5 Å². The van der Waals surface area contributed by atoms with Gasteiger partial charge in [-0.2, -0.15) is 0 Å². The molecule has 0 aromatic heterocycles. The van der Waals surface area contributed by atoms with Gasteiger partial charge in [-0.25, -0.2) is 0 Å². The molecule has 116 valence electrons. The summed E-state index contributed by atoms with van der Waals surface area (Å²) < 4.78 is 10.8. The van der Waals surface area contributed by atoms with Gasteiger partial charge in [0.1, 0.15) is 11.5 Å². The number of carboxylic acids is 1. The van der Waals surface area contributed by atoms with Crippen molar-refractivity contribution in [2.75, 3.05) is 13.7 Å². The van der Waals surface area contributed by atoms with Gasteiger partial charge in [-0.1, -0.05) is 30.3 Å². The minimum Gasteiger partial charge on any atom is -0.497 e. The summed E-state index contributed by atoms with van der Waals surface area (Å²) in [6.45, 7) is 2.26. The van der Waals surface area contributed by atoms with Gasteiger partial charge in [-0.3, -0.25) is 4.79 Å².